The number of benzene rings is 1. The highest BCUT2D eigenvalue weighted by molar-refractivity contribution is 6.01. The molecule has 2 fully saturated rings. The van der Waals surface area contributed by atoms with E-state index in [0.717, 1.165) is 25.6 Å². The number of nitrogens with two attached hydrogens (primary N) is 1. The number of carboxylic acids is 1. The van der Waals surface area contributed by atoms with E-state index in [1.165, 1.54) is 22.4 Å². The van der Waals surface area contributed by atoms with E-state index in [4.69, 9.17) is 10.7 Å². The lowest BCUT2D eigenvalue weighted by molar-refractivity contribution is -0.123. The molecule has 5 heterocycles. The fraction of sp³-hybridized carbons (Fsp3) is 0.343. The Labute approximate surface area is 274 Å². The molecule has 2 atom stereocenters. The van der Waals surface area contributed by atoms with E-state index in [1.807, 2.05) is 0 Å². The lowest BCUT2D eigenvalue weighted by Gasteiger charge is -2.31. The summed E-state index contributed by atoms with van der Waals surface area (Å²) in [6.07, 6.45) is 4.08. The van der Waals surface area contributed by atoms with Gasteiger partial charge in [0.1, 0.15) is 11.3 Å². The van der Waals surface area contributed by atoms with E-state index in [9.17, 15) is 24.3 Å². The number of carbonyl (C=O) groups is 3. The van der Waals surface area contributed by atoms with Crippen LogP contribution in [0, 0.1) is 17.6 Å². The molecule has 3 aromatic heterocycles. The summed E-state index contributed by atoms with van der Waals surface area (Å²) in [6, 6.07) is 7.43. The van der Waals surface area contributed by atoms with Gasteiger partial charge in [0.2, 0.25) is 5.91 Å². The molecule has 1 amide bonds. The highest BCUT2D eigenvalue weighted by Crippen LogP contribution is 2.52. The van der Waals surface area contributed by atoms with Crippen molar-refractivity contribution in [3.8, 4) is 22.3 Å². The average molecular weight is 657 g/mol. The van der Waals surface area contributed by atoms with Crippen LogP contribution in [-0.4, -0.2) is 83.4 Å². The Morgan fingerprint density at radius 1 is 1.10 bits per heavy atom. The summed E-state index contributed by atoms with van der Waals surface area (Å²) >= 11 is 0. The molecule has 3 aliphatic rings. The minimum absolute atomic E-state index is 0.0305. The molecule has 48 heavy (non-hydrogen) atoms. The van der Waals surface area contributed by atoms with E-state index in [1.54, 1.807) is 30.6 Å². The molecule has 0 unspecified atom stereocenters. The molecule has 0 radical (unpaired) electrons. The van der Waals surface area contributed by atoms with Gasteiger partial charge in [-0.1, -0.05) is 6.07 Å². The van der Waals surface area contributed by atoms with Crippen LogP contribution in [-0.2, 0) is 16.0 Å². The maximum Gasteiger partial charge on any atom is 0.341 e. The van der Waals surface area contributed by atoms with Crippen LogP contribution in [0.2, 0.25) is 0 Å². The predicted octanol–water partition coefficient (Wildman–Crippen LogP) is 3.32. The molecule has 11 nitrogen and oxygen atoms in total. The van der Waals surface area contributed by atoms with Gasteiger partial charge in [-0.25, -0.2) is 13.6 Å². The van der Waals surface area contributed by atoms with Crippen LogP contribution in [0.1, 0.15) is 40.9 Å². The first-order valence-corrected chi connectivity index (χ1v) is 15.8. The van der Waals surface area contributed by atoms with Crippen molar-refractivity contribution in [2.75, 3.05) is 50.1 Å². The smallest absolute Gasteiger partial charge is 0.341 e. The number of carboxylic acid groups (broad SMARTS) is 1. The third-order valence-electron chi connectivity index (χ3n) is 10.0. The fourth-order valence-electron chi connectivity index (χ4n) is 7.62. The molecule has 4 aromatic rings. The van der Waals surface area contributed by atoms with Crippen molar-refractivity contribution in [1.82, 2.24) is 14.3 Å². The minimum atomic E-state index is -1.34. The van der Waals surface area contributed by atoms with Gasteiger partial charge in [-0.3, -0.25) is 23.8 Å². The second-order valence-corrected chi connectivity index (χ2v) is 12.9. The number of hydrogen-bond donors (Lipinski definition) is 2. The number of likely N-dealkylation sites (tertiary alicyclic amines) is 1. The molecule has 3 N–H and O–H groups in total. The van der Waals surface area contributed by atoms with Gasteiger partial charge in [0, 0.05) is 98.2 Å². The third-order valence-corrected chi connectivity index (χ3v) is 10.0. The van der Waals surface area contributed by atoms with Gasteiger partial charge in [-0.2, -0.15) is 0 Å². The predicted molar refractivity (Wildman–Crippen MR) is 175 cm³/mol. The first kappa shape index (κ1) is 31.6. The summed E-state index contributed by atoms with van der Waals surface area (Å²) in [5.74, 6) is -3.87. The Bertz CT molecular complexity index is 2100. The molecule has 0 spiro atoms. The number of likely N-dealkylation sites (N-methyl/N-ethyl adjacent to an activating group) is 1. The highest BCUT2D eigenvalue weighted by Gasteiger charge is 2.44. The molecule has 248 valence electrons. The first-order valence-electron chi connectivity index (χ1n) is 15.8. The molecule has 2 saturated heterocycles. The number of anilines is 2. The van der Waals surface area contributed by atoms with Crippen LogP contribution in [0.5, 0.6) is 0 Å². The molecule has 13 heteroatoms. The molecule has 1 aliphatic carbocycles. The third kappa shape index (κ3) is 5.04. The number of nitrogens with zero attached hydrogens (tertiary/aromatic N) is 5. The van der Waals surface area contributed by atoms with Crippen LogP contribution in [0.25, 0.3) is 27.8 Å². The van der Waals surface area contributed by atoms with Crippen molar-refractivity contribution in [3.05, 3.63) is 81.5 Å². The molecule has 0 saturated carbocycles. The number of aromatic nitrogens is 2. The molecule has 0 bridgehead atoms. The summed E-state index contributed by atoms with van der Waals surface area (Å²) in [5, 5.41) is 9.57. The van der Waals surface area contributed by atoms with Crippen molar-refractivity contribution in [2.24, 2.45) is 11.7 Å². The monoisotopic (exact) mass is 656 g/mol. The lowest BCUT2D eigenvalue weighted by Crippen LogP contribution is -2.35. The van der Waals surface area contributed by atoms with Gasteiger partial charge >= 0.3 is 5.97 Å². The first-order chi connectivity index (χ1) is 23.0. The quantitative estimate of drug-likeness (QED) is 0.257. The van der Waals surface area contributed by atoms with E-state index in [2.05, 4.69) is 16.8 Å². The zero-order chi connectivity index (χ0) is 34.0. The second kappa shape index (κ2) is 11.9. The second-order valence-electron chi connectivity index (χ2n) is 12.9. The molecule has 2 aliphatic heterocycles. The number of carbonyl (C=O) groups excluding carboxylic acids is 2. The van der Waals surface area contributed by atoms with Crippen LogP contribution >= 0.6 is 0 Å². The SMILES string of the molecule is CN1C[C@@H]2CCN(c3c(-c4ccc5ccc(C(=O)O)c(=O)n5c4)cnc4c3-c3c(F)c(F)cc(N(C)C(=O)CCC(=O)CN)c3C4)[C@@H]2C1. The number of hydrogen-bond acceptors (Lipinski definition) is 8. The molecule has 1 aromatic carbocycles. The number of aromatic carboxylic acids is 1. The topological polar surface area (TPSA) is 142 Å². The number of fused-ring (bicyclic) bond motifs is 5. The standard InChI is InChI=1S/C35H34F2N6O5/c1-40-15-19-9-10-42(28(19)17-40)33-24(18-3-4-20-5-7-22(35(47)48)34(46)43(20)16-18)14-39-26-11-23-27(12-25(36)32(37)30(23)31(26)33)41(2)29(45)8-6-21(44)13-38/h3-5,7,12,14,16,19,28H,6,8-11,13,15,17,38H2,1-2H3,(H,47,48)/t19-,28+/m0/s1. The van der Waals surface area contributed by atoms with Crippen molar-refractivity contribution in [3.63, 3.8) is 0 Å². The fourth-order valence-corrected chi connectivity index (χ4v) is 7.62. The van der Waals surface area contributed by atoms with E-state index < -0.39 is 29.1 Å². The summed E-state index contributed by atoms with van der Waals surface area (Å²) in [7, 11) is 3.53. The van der Waals surface area contributed by atoms with Gasteiger partial charge in [-0.05, 0) is 43.1 Å². The number of ketones is 1. The van der Waals surface area contributed by atoms with Crippen molar-refractivity contribution >= 4 is 34.6 Å². The summed E-state index contributed by atoms with van der Waals surface area (Å²) < 4.78 is 32.9. The molecular weight excluding hydrogens is 622 g/mol. The summed E-state index contributed by atoms with van der Waals surface area (Å²) in [5.41, 5.74) is 8.20. The molecule has 7 rings (SSSR count). The Kier molecular flexibility index (Phi) is 7.83. The van der Waals surface area contributed by atoms with Crippen LogP contribution in [0.15, 0.2) is 47.5 Å². The van der Waals surface area contributed by atoms with E-state index >= 15 is 8.78 Å². The van der Waals surface area contributed by atoms with Gasteiger partial charge in [0.25, 0.3) is 5.56 Å². The number of halogens is 2. The van der Waals surface area contributed by atoms with Gasteiger partial charge < -0.3 is 25.5 Å². The van der Waals surface area contributed by atoms with Crippen molar-refractivity contribution in [2.45, 2.75) is 31.7 Å². The van der Waals surface area contributed by atoms with Crippen LogP contribution < -0.4 is 21.1 Å². The number of amides is 1. The summed E-state index contributed by atoms with van der Waals surface area (Å²) in [4.78, 5) is 60.3. The van der Waals surface area contributed by atoms with E-state index in [0.29, 0.717) is 51.6 Å². The van der Waals surface area contributed by atoms with Gasteiger partial charge in [0.05, 0.1) is 23.6 Å². The Morgan fingerprint density at radius 2 is 1.88 bits per heavy atom. The largest absolute Gasteiger partial charge is 0.477 e. The lowest BCUT2D eigenvalue weighted by atomic mass is 9.96. The summed E-state index contributed by atoms with van der Waals surface area (Å²) in [6.45, 7) is 2.14. The van der Waals surface area contributed by atoms with Crippen molar-refractivity contribution in [1.29, 1.82) is 0 Å². The highest BCUT2D eigenvalue weighted by atomic mass is 19.2. The van der Waals surface area contributed by atoms with E-state index in [-0.39, 0.29) is 54.4 Å². The zero-order valence-corrected chi connectivity index (χ0v) is 26.5. The van der Waals surface area contributed by atoms with Gasteiger partial charge in [0.15, 0.2) is 11.6 Å². The van der Waals surface area contributed by atoms with Gasteiger partial charge in [-0.15, -0.1) is 0 Å². The minimum Gasteiger partial charge on any atom is -0.477 e. The Hall–Kier alpha value is -5.01. The van der Waals surface area contributed by atoms with Crippen LogP contribution in [0.3, 0.4) is 0 Å². The maximum atomic E-state index is 16.1. The number of pyridine rings is 3. The van der Waals surface area contributed by atoms with Crippen molar-refractivity contribution < 1.29 is 28.3 Å². The number of Topliss-reactive ketones (excluding diaryl/α,β-unsaturated/α-hetero) is 1. The average Bonchev–Trinajstić information content (AvgIpc) is 3.76. The number of rotatable bonds is 8. The maximum absolute atomic E-state index is 16.1. The molecular formula is C35H34F2N6O5. The zero-order valence-electron chi connectivity index (χ0n) is 26.5. The normalized spacial score (nSPS) is 18.2. The Morgan fingerprint density at radius 3 is 2.62 bits per heavy atom. The Balaban J connectivity index is 1.43. The van der Waals surface area contributed by atoms with Crippen LogP contribution in [0.4, 0.5) is 20.2 Å².